The summed E-state index contributed by atoms with van der Waals surface area (Å²) in [6.45, 7) is 2.11. The SMILES string of the molecule is CC1(NC(=O)c2cc(N)cc(N)c2)CCCCC1. The fourth-order valence-electron chi connectivity index (χ4n) is 2.61. The van der Waals surface area contributed by atoms with Gasteiger partial charge in [0.1, 0.15) is 0 Å². The smallest absolute Gasteiger partial charge is 0.251 e. The molecule has 1 saturated carbocycles. The molecule has 0 aromatic heterocycles. The molecule has 0 saturated heterocycles. The van der Waals surface area contributed by atoms with Gasteiger partial charge in [-0.1, -0.05) is 19.3 Å². The summed E-state index contributed by atoms with van der Waals surface area (Å²) in [5.41, 5.74) is 12.9. The van der Waals surface area contributed by atoms with Crippen molar-refractivity contribution >= 4 is 17.3 Å². The third-order valence-electron chi connectivity index (χ3n) is 3.61. The summed E-state index contributed by atoms with van der Waals surface area (Å²) in [5.74, 6) is -0.0848. The van der Waals surface area contributed by atoms with Crippen LogP contribution >= 0.6 is 0 Å². The van der Waals surface area contributed by atoms with Crippen LogP contribution < -0.4 is 16.8 Å². The molecule has 1 aliphatic rings. The first-order valence-corrected chi connectivity index (χ1v) is 6.47. The summed E-state index contributed by atoms with van der Waals surface area (Å²) in [4.78, 5) is 12.2. The highest BCUT2D eigenvalue weighted by Gasteiger charge is 2.28. The molecule has 0 bridgehead atoms. The largest absolute Gasteiger partial charge is 0.399 e. The van der Waals surface area contributed by atoms with Gasteiger partial charge in [-0.2, -0.15) is 0 Å². The molecule has 0 unspecified atom stereocenters. The van der Waals surface area contributed by atoms with Gasteiger partial charge in [0.15, 0.2) is 0 Å². The van der Waals surface area contributed by atoms with Crippen molar-refractivity contribution < 1.29 is 4.79 Å². The van der Waals surface area contributed by atoms with Crippen molar-refractivity contribution in [3.63, 3.8) is 0 Å². The lowest BCUT2D eigenvalue weighted by molar-refractivity contribution is 0.0883. The summed E-state index contributed by atoms with van der Waals surface area (Å²) in [6.07, 6.45) is 5.69. The second kappa shape index (κ2) is 4.88. The van der Waals surface area contributed by atoms with E-state index in [0.29, 0.717) is 16.9 Å². The summed E-state index contributed by atoms with van der Waals surface area (Å²) < 4.78 is 0. The van der Waals surface area contributed by atoms with Crippen LogP contribution in [0.2, 0.25) is 0 Å². The number of anilines is 2. The third kappa shape index (κ3) is 2.94. The van der Waals surface area contributed by atoms with Crippen molar-refractivity contribution in [3.05, 3.63) is 23.8 Å². The van der Waals surface area contributed by atoms with Crippen molar-refractivity contribution in [1.29, 1.82) is 0 Å². The van der Waals surface area contributed by atoms with Gasteiger partial charge in [0.25, 0.3) is 5.91 Å². The maximum atomic E-state index is 12.2. The second-order valence-electron chi connectivity index (χ2n) is 5.46. The Morgan fingerprint density at radius 1 is 1.11 bits per heavy atom. The average molecular weight is 247 g/mol. The number of rotatable bonds is 2. The molecule has 4 nitrogen and oxygen atoms in total. The van der Waals surface area contributed by atoms with Crippen LogP contribution in [0, 0.1) is 0 Å². The van der Waals surface area contributed by atoms with E-state index in [9.17, 15) is 4.79 Å². The Kier molecular flexibility index (Phi) is 3.45. The fraction of sp³-hybridized carbons (Fsp3) is 0.500. The monoisotopic (exact) mass is 247 g/mol. The van der Waals surface area contributed by atoms with Gasteiger partial charge in [-0.15, -0.1) is 0 Å². The van der Waals surface area contributed by atoms with Crippen LogP contribution in [0.15, 0.2) is 18.2 Å². The molecule has 98 valence electrons. The molecule has 0 heterocycles. The number of carbonyl (C=O) groups is 1. The van der Waals surface area contributed by atoms with Crippen molar-refractivity contribution in [2.75, 3.05) is 11.5 Å². The van der Waals surface area contributed by atoms with Crippen molar-refractivity contribution in [2.24, 2.45) is 0 Å². The molecule has 1 aromatic rings. The molecule has 0 atom stereocenters. The van der Waals surface area contributed by atoms with Crippen LogP contribution in [0.1, 0.15) is 49.4 Å². The van der Waals surface area contributed by atoms with E-state index in [1.165, 1.54) is 19.3 Å². The van der Waals surface area contributed by atoms with Gasteiger partial charge in [-0.25, -0.2) is 0 Å². The molecule has 0 aliphatic heterocycles. The van der Waals surface area contributed by atoms with E-state index in [4.69, 9.17) is 11.5 Å². The molecule has 0 spiro atoms. The van der Waals surface area contributed by atoms with Crippen molar-refractivity contribution in [1.82, 2.24) is 5.32 Å². The maximum absolute atomic E-state index is 12.2. The number of nitrogen functional groups attached to an aromatic ring is 2. The lowest BCUT2D eigenvalue weighted by Gasteiger charge is -2.34. The van der Waals surface area contributed by atoms with Gasteiger partial charge in [-0.05, 0) is 38.0 Å². The van der Waals surface area contributed by atoms with E-state index in [1.807, 2.05) is 0 Å². The highest BCUT2D eigenvalue weighted by molar-refractivity contribution is 5.96. The molecule has 1 aromatic carbocycles. The van der Waals surface area contributed by atoms with Crippen LogP contribution in [-0.2, 0) is 0 Å². The Hall–Kier alpha value is -1.71. The highest BCUT2D eigenvalue weighted by atomic mass is 16.1. The molecule has 5 N–H and O–H groups in total. The van der Waals surface area contributed by atoms with Crippen LogP contribution in [0.4, 0.5) is 11.4 Å². The zero-order chi connectivity index (χ0) is 13.2. The quantitative estimate of drug-likeness (QED) is 0.701. The Labute approximate surface area is 108 Å². The Bertz CT molecular complexity index is 430. The molecule has 1 aliphatic carbocycles. The topological polar surface area (TPSA) is 81.1 Å². The van der Waals surface area contributed by atoms with E-state index in [2.05, 4.69) is 12.2 Å². The minimum absolute atomic E-state index is 0.0848. The van der Waals surface area contributed by atoms with E-state index in [1.54, 1.807) is 18.2 Å². The molecule has 18 heavy (non-hydrogen) atoms. The Balaban J connectivity index is 2.11. The van der Waals surface area contributed by atoms with Crippen molar-refractivity contribution in [2.45, 2.75) is 44.6 Å². The van der Waals surface area contributed by atoms with Crippen LogP contribution in [-0.4, -0.2) is 11.4 Å². The zero-order valence-corrected chi connectivity index (χ0v) is 10.8. The predicted octanol–water partition coefficient (Wildman–Crippen LogP) is 2.30. The van der Waals surface area contributed by atoms with Crippen LogP contribution in [0.25, 0.3) is 0 Å². The minimum atomic E-state index is -0.0886. The van der Waals surface area contributed by atoms with Gasteiger partial charge in [-0.3, -0.25) is 4.79 Å². The first kappa shape index (κ1) is 12.7. The van der Waals surface area contributed by atoms with E-state index < -0.39 is 0 Å². The standard InChI is InChI=1S/C14H21N3O/c1-14(5-3-2-4-6-14)17-13(18)10-7-11(15)9-12(16)8-10/h7-9H,2-6,15-16H2,1H3,(H,17,18). The first-order valence-electron chi connectivity index (χ1n) is 6.47. The fourth-order valence-corrected chi connectivity index (χ4v) is 2.61. The number of hydrogen-bond acceptors (Lipinski definition) is 3. The number of carbonyl (C=O) groups excluding carboxylic acids is 1. The van der Waals surface area contributed by atoms with Crippen LogP contribution in [0.3, 0.4) is 0 Å². The summed E-state index contributed by atoms with van der Waals surface area (Å²) in [5, 5.41) is 3.12. The minimum Gasteiger partial charge on any atom is -0.399 e. The Morgan fingerprint density at radius 3 is 2.22 bits per heavy atom. The first-order chi connectivity index (χ1) is 8.48. The number of hydrogen-bond donors (Lipinski definition) is 3. The Morgan fingerprint density at radius 2 is 1.67 bits per heavy atom. The average Bonchev–Trinajstić information content (AvgIpc) is 2.28. The van der Waals surface area contributed by atoms with E-state index >= 15 is 0 Å². The third-order valence-corrected chi connectivity index (χ3v) is 3.61. The predicted molar refractivity (Wildman–Crippen MR) is 74.2 cm³/mol. The number of nitrogens with one attached hydrogen (secondary N) is 1. The van der Waals surface area contributed by atoms with Gasteiger partial charge in [0, 0.05) is 22.5 Å². The lowest BCUT2D eigenvalue weighted by atomic mass is 9.83. The number of benzene rings is 1. The van der Waals surface area contributed by atoms with E-state index in [-0.39, 0.29) is 11.4 Å². The molecule has 0 radical (unpaired) electrons. The van der Waals surface area contributed by atoms with Crippen LogP contribution in [0.5, 0.6) is 0 Å². The molecule has 4 heteroatoms. The number of nitrogens with two attached hydrogens (primary N) is 2. The number of amides is 1. The lowest BCUT2D eigenvalue weighted by Crippen LogP contribution is -2.47. The molecule has 1 fully saturated rings. The molecular weight excluding hydrogens is 226 g/mol. The second-order valence-corrected chi connectivity index (χ2v) is 5.46. The van der Waals surface area contributed by atoms with Gasteiger partial charge < -0.3 is 16.8 Å². The normalized spacial score (nSPS) is 18.3. The molecular formula is C14H21N3O. The molecule has 1 amide bonds. The van der Waals surface area contributed by atoms with Gasteiger partial charge >= 0.3 is 0 Å². The van der Waals surface area contributed by atoms with E-state index in [0.717, 1.165) is 12.8 Å². The van der Waals surface area contributed by atoms with Gasteiger partial charge in [0.2, 0.25) is 0 Å². The summed E-state index contributed by atoms with van der Waals surface area (Å²) >= 11 is 0. The zero-order valence-electron chi connectivity index (χ0n) is 10.8. The summed E-state index contributed by atoms with van der Waals surface area (Å²) in [6, 6.07) is 4.98. The highest BCUT2D eigenvalue weighted by Crippen LogP contribution is 2.28. The summed E-state index contributed by atoms with van der Waals surface area (Å²) in [7, 11) is 0. The molecule has 2 rings (SSSR count). The maximum Gasteiger partial charge on any atom is 0.251 e. The van der Waals surface area contributed by atoms with Gasteiger partial charge in [0.05, 0.1) is 0 Å². The van der Waals surface area contributed by atoms with Crippen molar-refractivity contribution in [3.8, 4) is 0 Å².